The van der Waals surface area contributed by atoms with Crippen molar-refractivity contribution in [3.05, 3.63) is 65.6 Å². The minimum atomic E-state index is -1.23. The summed E-state index contributed by atoms with van der Waals surface area (Å²) >= 11 is 2.87. The lowest BCUT2D eigenvalue weighted by Gasteiger charge is -2.50. The number of thiazole rings is 1. The van der Waals surface area contributed by atoms with E-state index in [9.17, 15) is 24.6 Å². The molecule has 12 heteroatoms. The highest BCUT2D eigenvalue weighted by atomic mass is 32.2. The Hall–Kier alpha value is -3.87. The smallest absolute Gasteiger partial charge is 0.477 e. The van der Waals surface area contributed by atoms with Crippen molar-refractivity contribution in [2.45, 2.75) is 37.4 Å². The molecule has 2 aromatic carbocycles. The summed E-state index contributed by atoms with van der Waals surface area (Å²) in [5.74, 6) is -2.09. The highest BCUT2D eigenvalue weighted by molar-refractivity contribution is 7.98. The molecule has 2 N–H and O–H groups in total. The van der Waals surface area contributed by atoms with E-state index in [0.717, 1.165) is 20.6 Å². The topological polar surface area (TPSA) is 131 Å². The molecule has 1 saturated heterocycles. The van der Waals surface area contributed by atoms with Crippen molar-refractivity contribution in [3.8, 4) is 5.75 Å². The minimum absolute atomic E-state index is 0.0938. The normalized spacial score (nSPS) is 22.6. The molecule has 4 aromatic rings. The number of carbonyl (C=O) groups is 3. The van der Waals surface area contributed by atoms with Crippen LogP contribution in [-0.4, -0.2) is 67.5 Å². The highest BCUT2D eigenvalue weighted by Crippen LogP contribution is 2.60. The number of hydrogen-bond donors (Lipinski definition) is 2. The second kappa shape index (κ2) is 10.2. The van der Waals surface area contributed by atoms with Crippen molar-refractivity contribution >= 4 is 62.3 Å². The molecular formula is C29H27N3O7S2. The fourth-order valence-electron chi connectivity index (χ4n) is 6.12. The zero-order valence-corrected chi connectivity index (χ0v) is 24.1. The third-order valence-electron chi connectivity index (χ3n) is 7.97. The first kappa shape index (κ1) is 27.3. The maximum Gasteiger partial charge on any atom is 0.513 e. The summed E-state index contributed by atoms with van der Waals surface area (Å²) in [6.07, 6.45) is 3.71. The third kappa shape index (κ3) is 4.28. The van der Waals surface area contributed by atoms with Crippen molar-refractivity contribution < 1.29 is 34.1 Å². The summed E-state index contributed by atoms with van der Waals surface area (Å²) in [6, 6.07) is 12.3. The molecule has 0 spiro atoms. The van der Waals surface area contributed by atoms with E-state index in [4.69, 9.17) is 9.47 Å². The summed E-state index contributed by atoms with van der Waals surface area (Å²) < 4.78 is 12.8. The molecule has 0 aliphatic carbocycles. The summed E-state index contributed by atoms with van der Waals surface area (Å²) in [6.45, 7) is 3.30. The number of hydrogen-bond acceptors (Lipinski definition) is 9. The van der Waals surface area contributed by atoms with E-state index in [0.29, 0.717) is 16.2 Å². The summed E-state index contributed by atoms with van der Waals surface area (Å²) in [5.41, 5.74) is -0.585. The Balaban J connectivity index is 1.31. The highest BCUT2D eigenvalue weighted by Gasteiger charge is 2.66. The maximum absolute atomic E-state index is 13.1. The van der Waals surface area contributed by atoms with Crippen LogP contribution in [-0.2, 0) is 14.3 Å². The van der Waals surface area contributed by atoms with Gasteiger partial charge in [-0.2, -0.15) is 0 Å². The van der Waals surface area contributed by atoms with Crippen LogP contribution in [0.3, 0.4) is 0 Å². The van der Waals surface area contributed by atoms with Gasteiger partial charge in [0.2, 0.25) is 5.91 Å². The van der Waals surface area contributed by atoms with Gasteiger partial charge >= 0.3 is 12.1 Å². The van der Waals surface area contributed by atoms with E-state index < -0.39 is 41.5 Å². The Kier molecular flexibility index (Phi) is 6.79. The van der Waals surface area contributed by atoms with Crippen molar-refractivity contribution in [1.82, 2.24) is 14.3 Å². The molecule has 0 bridgehead atoms. The third-order valence-corrected chi connectivity index (χ3v) is 9.91. The summed E-state index contributed by atoms with van der Waals surface area (Å²) in [5, 5.41) is 23.3. The number of imidazole rings is 1. The molecule has 4 heterocycles. The molecule has 1 amide bonds. The van der Waals surface area contributed by atoms with Gasteiger partial charge in [-0.15, -0.1) is 23.1 Å². The van der Waals surface area contributed by atoms with Crippen LogP contribution in [0.15, 0.2) is 65.7 Å². The lowest BCUT2D eigenvalue weighted by atomic mass is 9.66. The number of rotatable bonds is 8. The fraction of sp³-hybridized carbons (Fsp3) is 0.310. The van der Waals surface area contributed by atoms with Crippen molar-refractivity contribution in [2.75, 3.05) is 12.9 Å². The number of benzene rings is 2. The SMILES string of the molecule is CSc1ncn2cc(C3=C(C(=O)O)N4C(=O)[C@H]([C@@H](C)O)[C@@H]4C3(C)CCOC(=O)Oc3cccc4ccccc34)sc12. The number of amides is 1. The number of nitrogens with zero attached hydrogens (tertiary/aromatic N) is 3. The number of β-lactam (4-membered cyclic amide) rings is 1. The molecule has 2 aliphatic rings. The summed E-state index contributed by atoms with van der Waals surface area (Å²) in [7, 11) is 0. The van der Waals surface area contributed by atoms with E-state index >= 15 is 0 Å². The van der Waals surface area contributed by atoms with Gasteiger partial charge in [0.15, 0.2) is 0 Å². The number of carboxylic acids is 1. The molecule has 0 saturated carbocycles. The van der Waals surface area contributed by atoms with Crippen molar-refractivity contribution in [2.24, 2.45) is 11.3 Å². The van der Waals surface area contributed by atoms with Crippen LogP contribution in [0.5, 0.6) is 5.75 Å². The number of aliphatic hydroxyl groups excluding tert-OH is 1. The Morgan fingerprint density at radius 2 is 1.98 bits per heavy atom. The van der Waals surface area contributed by atoms with Gasteiger partial charge in [-0.3, -0.25) is 9.20 Å². The second-order valence-electron chi connectivity index (χ2n) is 10.4. The molecular weight excluding hydrogens is 566 g/mol. The van der Waals surface area contributed by atoms with E-state index in [2.05, 4.69) is 4.98 Å². The van der Waals surface area contributed by atoms with Gasteiger partial charge in [-0.1, -0.05) is 43.3 Å². The van der Waals surface area contributed by atoms with Gasteiger partial charge in [-0.05, 0) is 31.1 Å². The number of aliphatic hydroxyl groups is 1. The minimum Gasteiger partial charge on any atom is -0.477 e. The molecule has 212 valence electrons. The van der Waals surface area contributed by atoms with Gasteiger partial charge in [0.1, 0.15) is 27.6 Å². The van der Waals surface area contributed by atoms with E-state index in [1.807, 2.05) is 54.1 Å². The van der Waals surface area contributed by atoms with Gasteiger partial charge in [0.25, 0.3) is 0 Å². The van der Waals surface area contributed by atoms with Crippen LogP contribution < -0.4 is 4.74 Å². The van der Waals surface area contributed by atoms with Crippen LogP contribution in [0.4, 0.5) is 4.79 Å². The molecule has 0 radical (unpaired) electrons. The number of fused-ring (bicyclic) bond motifs is 3. The predicted molar refractivity (Wildman–Crippen MR) is 154 cm³/mol. The fourth-order valence-corrected chi connectivity index (χ4v) is 8.07. The zero-order chi connectivity index (χ0) is 29.1. The molecule has 1 unspecified atom stereocenters. The predicted octanol–water partition coefficient (Wildman–Crippen LogP) is 4.90. The van der Waals surface area contributed by atoms with Crippen LogP contribution >= 0.6 is 23.1 Å². The Labute approximate surface area is 243 Å². The average Bonchev–Trinajstić information content (AvgIpc) is 3.57. The number of carbonyl (C=O) groups excluding carboxylic acids is 2. The molecule has 10 nitrogen and oxygen atoms in total. The summed E-state index contributed by atoms with van der Waals surface area (Å²) in [4.78, 5) is 45.7. The van der Waals surface area contributed by atoms with Crippen molar-refractivity contribution in [1.29, 1.82) is 0 Å². The number of aliphatic carboxylic acids is 1. The van der Waals surface area contributed by atoms with E-state index in [-0.39, 0.29) is 18.7 Å². The lowest BCUT2D eigenvalue weighted by Crippen LogP contribution is -2.66. The largest absolute Gasteiger partial charge is 0.513 e. The maximum atomic E-state index is 13.1. The Morgan fingerprint density at radius 3 is 2.71 bits per heavy atom. The zero-order valence-electron chi connectivity index (χ0n) is 22.4. The molecule has 41 heavy (non-hydrogen) atoms. The second-order valence-corrected chi connectivity index (χ2v) is 12.2. The first-order valence-corrected chi connectivity index (χ1v) is 15.0. The molecule has 2 aromatic heterocycles. The Bertz CT molecular complexity index is 1740. The van der Waals surface area contributed by atoms with E-state index in [1.54, 1.807) is 18.5 Å². The van der Waals surface area contributed by atoms with Crippen molar-refractivity contribution in [3.63, 3.8) is 0 Å². The first-order valence-electron chi connectivity index (χ1n) is 13.0. The average molecular weight is 594 g/mol. The molecule has 2 aliphatic heterocycles. The molecule has 4 atom stereocenters. The van der Waals surface area contributed by atoms with Gasteiger partial charge in [0.05, 0.1) is 29.5 Å². The van der Waals surface area contributed by atoms with E-state index in [1.165, 1.54) is 34.9 Å². The standard InChI is InChI=1S/C29H27N3O7S2/c1-15(33)20-23-29(2,11-12-38-28(37)39-18-10-6-8-16-7-4-5-9-17(16)18)21(22(27(35)36)32(23)25(20)34)19-13-31-14-30-24(40-3)26(31)41-19/h4-10,13-15,20,23,33H,11-12H2,1-3H3,(H,35,36)/t15-,20-,23-,29?/m1/s1. The number of carboxylic acid groups (broad SMARTS) is 1. The van der Waals surface area contributed by atoms with Gasteiger partial charge < -0.3 is 24.6 Å². The van der Waals surface area contributed by atoms with Gasteiger partial charge in [-0.25, -0.2) is 14.6 Å². The quantitative estimate of drug-likeness (QED) is 0.127. The van der Waals surface area contributed by atoms with Crippen LogP contribution in [0, 0.1) is 11.3 Å². The molecule has 1 fully saturated rings. The van der Waals surface area contributed by atoms with Crippen LogP contribution in [0.2, 0.25) is 0 Å². The van der Waals surface area contributed by atoms with Crippen LogP contribution in [0.1, 0.15) is 25.1 Å². The van der Waals surface area contributed by atoms with Crippen LogP contribution in [0.25, 0.3) is 21.2 Å². The lowest BCUT2D eigenvalue weighted by molar-refractivity contribution is -0.167. The monoisotopic (exact) mass is 593 g/mol. The first-order chi connectivity index (χ1) is 19.7. The molecule has 6 rings (SSSR count). The number of thioether (sulfide) groups is 1. The number of aromatic nitrogens is 2. The Morgan fingerprint density at radius 1 is 1.22 bits per heavy atom. The van der Waals surface area contributed by atoms with Gasteiger partial charge in [0, 0.05) is 22.6 Å². The number of ether oxygens (including phenoxy) is 2.